The minimum atomic E-state index is -1.26. The molecule has 1 saturated heterocycles. The molecular formula is C14H16FNO4. The van der Waals surface area contributed by atoms with Gasteiger partial charge in [-0.25, -0.2) is 9.18 Å². The van der Waals surface area contributed by atoms with Crippen LogP contribution in [0.3, 0.4) is 0 Å². The van der Waals surface area contributed by atoms with Crippen LogP contribution in [0.5, 0.6) is 5.75 Å². The lowest BCUT2D eigenvalue weighted by Crippen LogP contribution is -2.50. The van der Waals surface area contributed by atoms with Crippen molar-refractivity contribution in [2.45, 2.75) is 25.3 Å². The van der Waals surface area contributed by atoms with Crippen molar-refractivity contribution in [1.82, 2.24) is 4.90 Å². The third-order valence-corrected chi connectivity index (χ3v) is 3.74. The number of hydrogen-bond donors (Lipinski definition) is 1. The van der Waals surface area contributed by atoms with Crippen LogP contribution in [0.4, 0.5) is 4.39 Å². The van der Waals surface area contributed by atoms with E-state index in [2.05, 4.69) is 0 Å². The molecule has 5 nitrogen and oxygen atoms in total. The maximum Gasteiger partial charge on any atom is 0.329 e. The number of ether oxygens (including phenoxy) is 1. The standard InChI is InChI=1S/C14H16FNO4/c1-14(13(18)19)6-3-7-16(14)12(17)10-8-9(15)4-5-11(10)20-2/h4-5,8H,3,6-7H2,1-2H3,(H,18,19)/t14-/m0/s1. The zero-order valence-electron chi connectivity index (χ0n) is 11.4. The molecule has 1 aromatic rings. The first-order valence-corrected chi connectivity index (χ1v) is 6.29. The van der Waals surface area contributed by atoms with Crippen molar-refractivity contribution in [3.05, 3.63) is 29.6 Å². The van der Waals surface area contributed by atoms with Crippen molar-refractivity contribution < 1.29 is 23.8 Å². The lowest BCUT2D eigenvalue weighted by atomic mass is 9.98. The van der Waals surface area contributed by atoms with Crippen molar-refractivity contribution in [1.29, 1.82) is 0 Å². The number of aliphatic carboxylic acids is 1. The van der Waals surface area contributed by atoms with E-state index in [4.69, 9.17) is 4.74 Å². The number of hydrogen-bond acceptors (Lipinski definition) is 3. The molecule has 1 heterocycles. The summed E-state index contributed by atoms with van der Waals surface area (Å²) in [5.74, 6) is -1.91. The lowest BCUT2D eigenvalue weighted by Gasteiger charge is -2.31. The maximum absolute atomic E-state index is 13.3. The SMILES string of the molecule is COc1ccc(F)cc1C(=O)N1CCC[C@@]1(C)C(=O)O. The first kappa shape index (κ1) is 14.3. The Labute approximate surface area is 116 Å². The summed E-state index contributed by atoms with van der Waals surface area (Å²) in [6.45, 7) is 1.84. The highest BCUT2D eigenvalue weighted by atomic mass is 19.1. The fourth-order valence-electron chi connectivity index (χ4n) is 2.50. The highest BCUT2D eigenvalue weighted by molar-refractivity contribution is 6.00. The Morgan fingerprint density at radius 2 is 2.15 bits per heavy atom. The predicted octanol–water partition coefficient (Wildman–Crippen LogP) is 1.91. The first-order chi connectivity index (χ1) is 9.40. The number of carbonyl (C=O) groups is 2. The van der Waals surface area contributed by atoms with E-state index < -0.39 is 23.2 Å². The molecule has 6 heteroatoms. The number of carboxylic acid groups (broad SMARTS) is 1. The quantitative estimate of drug-likeness (QED) is 0.919. The van der Waals surface area contributed by atoms with E-state index in [-0.39, 0.29) is 11.3 Å². The molecule has 0 saturated carbocycles. The number of methoxy groups -OCH3 is 1. The highest BCUT2D eigenvalue weighted by Crippen LogP contribution is 2.32. The number of carbonyl (C=O) groups excluding carboxylic acids is 1. The largest absolute Gasteiger partial charge is 0.496 e. The Hall–Kier alpha value is -2.11. The number of carboxylic acids is 1. The molecule has 20 heavy (non-hydrogen) atoms. The average molecular weight is 281 g/mol. The number of benzene rings is 1. The number of halogens is 1. The van der Waals surface area contributed by atoms with Crippen molar-refractivity contribution >= 4 is 11.9 Å². The Kier molecular flexibility index (Phi) is 3.65. The Bertz CT molecular complexity index is 560. The van der Waals surface area contributed by atoms with Gasteiger partial charge in [-0.2, -0.15) is 0 Å². The van der Waals surface area contributed by atoms with E-state index in [9.17, 15) is 19.1 Å². The van der Waals surface area contributed by atoms with Gasteiger partial charge in [0.2, 0.25) is 0 Å². The minimum Gasteiger partial charge on any atom is -0.496 e. The van der Waals surface area contributed by atoms with Gasteiger partial charge in [-0.3, -0.25) is 4.79 Å². The van der Waals surface area contributed by atoms with Gasteiger partial charge in [-0.15, -0.1) is 0 Å². The molecule has 0 bridgehead atoms. The number of nitrogens with zero attached hydrogens (tertiary/aromatic N) is 1. The van der Waals surface area contributed by atoms with Crippen molar-refractivity contribution in [2.24, 2.45) is 0 Å². The molecule has 1 aromatic carbocycles. The smallest absolute Gasteiger partial charge is 0.329 e. The zero-order valence-corrected chi connectivity index (χ0v) is 11.4. The van der Waals surface area contributed by atoms with Crippen LogP contribution < -0.4 is 4.74 Å². The van der Waals surface area contributed by atoms with E-state index >= 15 is 0 Å². The summed E-state index contributed by atoms with van der Waals surface area (Å²) in [5.41, 5.74) is -1.21. The van der Waals surface area contributed by atoms with E-state index in [1.807, 2.05) is 0 Å². The van der Waals surface area contributed by atoms with Crippen molar-refractivity contribution in [3.63, 3.8) is 0 Å². The third kappa shape index (κ3) is 2.21. The molecule has 108 valence electrons. The Morgan fingerprint density at radius 3 is 2.75 bits per heavy atom. The fourth-order valence-corrected chi connectivity index (χ4v) is 2.50. The Balaban J connectivity index is 2.41. The summed E-state index contributed by atoms with van der Waals surface area (Å²) in [7, 11) is 1.38. The fraction of sp³-hybridized carbons (Fsp3) is 0.429. The van der Waals surface area contributed by atoms with E-state index in [1.54, 1.807) is 0 Å². The summed E-state index contributed by atoms with van der Waals surface area (Å²) in [5, 5.41) is 9.32. The molecule has 1 amide bonds. The van der Waals surface area contributed by atoms with Crippen LogP contribution in [-0.2, 0) is 4.79 Å². The molecule has 0 aliphatic carbocycles. The monoisotopic (exact) mass is 281 g/mol. The van der Waals surface area contributed by atoms with Gasteiger partial charge in [0, 0.05) is 6.54 Å². The van der Waals surface area contributed by atoms with Crippen molar-refractivity contribution in [3.8, 4) is 5.75 Å². The lowest BCUT2D eigenvalue weighted by molar-refractivity contribution is -0.147. The second-order valence-corrected chi connectivity index (χ2v) is 4.98. The van der Waals surface area contributed by atoms with Crippen molar-refractivity contribution in [2.75, 3.05) is 13.7 Å². The summed E-state index contributed by atoms with van der Waals surface area (Å²) in [6, 6.07) is 3.62. The highest BCUT2D eigenvalue weighted by Gasteiger charge is 2.46. The predicted molar refractivity (Wildman–Crippen MR) is 69.3 cm³/mol. The van der Waals surface area contributed by atoms with Gasteiger partial charge in [0.25, 0.3) is 5.91 Å². The van der Waals surface area contributed by atoms with Crippen LogP contribution in [-0.4, -0.2) is 41.1 Å². The van der Waals surface area contributed by atoms with Gasteiger partial charge >= 0.3 is 5.97 Å². The topological polar surface area (TPSA) is 66.8 Å². The molecule has 1 aliphatic heterocycles. The van der Waals surface area contributed by atoms with Gasteiger partial charge in [0.15, 0.2) is 0 Å². The summed E-state index contributed by atoms with van der Waals surface area (Å²) >= 11 is 0. The zero-order chi connectivity index (χ0) is 14.9. The van der Waals surface area contributed by atoms with Gasteiger partial charge < -0.3 is 14.7 Å². The maximum atomic E-state index is 13.3. The second kappa shape index (κ2) is 5.11. The molecule has 0 aromatic heterocycles. The number of amides is 1. The van der Waals surface area contributed by atoms with E-state index in [1.165, 1.54) is 31.1 Å². The van der Waals surface area contributed by atoms with E-state index in [0.29, 0.717) is 19.4 Å². The summed E-state index contributed by atoms with van der Waals surface area (Å²) < 4.78 is 18.4. The van der Waals surface area contributed by atoms with Gasteiger partial charge in [-0.1, -0.05) is 0 Å². The Morgan fingerprint density at radius 1 is 1.45 bits per heavy atom. The second-order valence-electron chi connectivity index (χ2n) is 4.98. The molecule has 0 spiro atoms. The summed E-state index contributed by atoms with van der Waals surface area (Å²) in [4.78, 5) is 25.2. The normalized spacial score (nSPS) is 21.9. The molecule has 1 N–H and O–H groups in total. The van der Waals surface area contributed by atoms with Crippen LogP contribution in [0, 0.1) is 5.82 Å². The third-order valence-electron chi connectivity index (χ3n) is 3.74. The van der Waals surface area contributed by atoms with Crippen LogP contribution in [0.1, 0.15) is 30.1 Å². The van der Waals surface area contributed by atoms with Crippen LogP contribution in [0.2, 0.25) is 0 Å². The molecule has 1 aliphatic rings. The minimum absolute atomic E-state index is 0.0434. The first-order valence-electron chi connectivity index (χ1n) is 6.29. The van der Waals surface area contributed by atoms with E-state index in [0.717, 1.165) is 6.07 Å². The van der Waals surface area contributed by atoms with Crippen LogP contribution >= 0.6 is 0 Å². The van der Waals surface area contributed by atoms with Gasteiger partial charge in [-0.05, 0) is 38.0 Å². The molecule has 2 rings (SSSR count). The van der Waals surface area contributed by atoms with Crippen LogP contribution in [0.25, 0.3) is 0 Å². The average Bonchev–Trinajstić information content (AvgIpc) is 2.81. The van der Waals surface area contributed by atoms with Gasteiger partial charge in [0.05, 0.1) is 12.7 Å². The number of likely N-dealkylation sites (tertiary alicyclic amines) is 1. The molecule has 0 unspecified atom stereocenters. The number of rotatable bonds is 3. The molecule has 1 atom stereocenters. The molecule has 1 fully saturated rings. The molecular weight excluding hydrogens is 265 g/mol. The van der Waals surface area contributed by atoms with Gasteiger partial charge in [0.1, 0.15) is 17.1 Å². The van der Waals surface area contributed by atoms with Crippen LogP contribution in [0.15, 0.2) is 18.2 Å². The summed E-state index contributed by atoms with van der Waals surface area (Å²) in [6.07, 6.45) is 0.984. The molecule has 0 radical (unpaired) electrons.